The van der Waals surface area contributed by atoms with Crippen molar-refractivity contribution in [3.8, 4) is 0 Å². The molecule has 0 saturated carbocycles. The van der Waals surface area contributed by atoms with Crippen molar-refractivity contribution in [2.75, 3.05) is 5.75 Å². The fourth-order valence-corrected chi connectivity index (χ4v) is 2.50. The number of alkyl halides is 3. The van der Waals surface area contributed by atoms with Gasteiger partial charge in [0.2, 0.25) is 5.69 Å². The van der Waals surface area contributed by atoms with Gasteiger partial charge in [-0.2, -0.15) is 13.2 Å². The van der Waals surface area contributed by atoms with Crippen LogP contribution in [0.15, 0.2) is 0 Å². The molecule has 2 N–H and O–H groups in total. The second kappa shape index (κ2) is 4.09. The summed E-state index contributed by atoms with van der Waals surface area (Å²) in [6.07, 6.45) is -5.30. The van der Waals surface area contributed by atoms with Gasteiger partial charge in [0.15, 0.2) is 0 Å². The summed E-state index contributed by atoms with van der Waals surface area (Å²) in [7, 11) is 0. The Balaban J connectivity index is 3.52. The van der Waals surface area contributed by atoms with Gasteiger partial charge in [0.1, 0.15) is 0 Å². The molecule has 0 aromatic rings. The van der Waals surface area contributed by atoms with Gasteiger partial charge < -0.3 is 9.79 Å². The number of hydrogen-bond acceptors (Lipinski definition) is 2. The molecule has 0 aromatic heterocycles. The number of hydrogen-bond donors (Lipinski definition) is 2. The highest BCUT2D eigenvalue weighted by atomic mass is 32.9. The van der Waals surface area contributed by atoms with Gasteiger partial charge in [0.25, 0.3) is 0 Å². The van der Waals surface area contributed by atoms with Crippen molar-refractivity contribution in [3.63, 3.8) is 0 Å². The summed E-state index contributed by atoms with van der Waals surface area (Å²) >= 11 is 4.47. The lowest BCUT2D eigenvalue weighted by Crippen LogP contribution is -2.07. The van der Waals surface area contributed by atoms with E-state index >= 15 is 0 Å². The molecule has 0 radical (unpaired) electrons. The summed E-state index contributed by atoms with van der Waals surface area (Å²) in [5.74, 6) is -0.395. The Morgan fingerprint density at radius 2 is 1.82 bits per heavy atom. The topological polar surface area (TPSA) is 40.5 Å². The average Bonchev–Trinajstić information content (AvgIpc) is 1.55. The van der Waals surface area contributed by atoms with Gasteiger partial charge in [-0.05, 0) is 11.8 Å². The fourth-order valence-electron chi connectivity index (χ4n) is 0.280. The Labute approximate surface area is 70.7 Å². The van der Waals surface area contributed by atoms with Gasteiger partial charge in [-0.3, -0.25) is 0 Å². The van der Waals surface area contributed by atoms with Crippen molar-refractivity contribution < 1.29 is 23.0 Å². The van der Waals surface area contributed by atoms with Crippen LogP contribution < -0.4 is 0 Å². The van der Waals surface area contributed by atoms with E-state index in [4.69, 9.17) is 9.79 Å². The van der Waals surface area contributed by atoms with Crippen molar-refractivity contribution in [1.29, 1.82) is 0 Å². The van der Waals surface area contributed by atoms with Crippen molar-refractivity contribution >= 4 is 28.9 Å². The predicted molar refractivity (Wildman–Crippen MR) is 41.9 cm³/mol. The fraction of sp³-hybridized carbons (Fsp3) is 1.00. The normalized spacial score (nSPS) is 13.5. The largest absolute Gasteiger partial charge is 0.389 e. The van der Waals surface area contributed by atoms with Crippen molar-refractivity contribution in [2.45, 2.75) is 12.6 Å². The maximum atomic E-state index is 11.4. The molecule has 0 aliphatic carbocycles. The molecule has 0 aliphatic rings. The third-order valence-electron chi connectivity index (χ3n) is 0.645. The first-order chi connectivity index (χ1) is 4.71. The van der Waals surface area contributed by atoms with Gasteiger partial charge in [-0.15, -0.1) is 0 Å². The molecule has 0 saturated heterocycles. The molecule has 0 aromatic carbocycles. The Bertz CT molecular complexity index is 164. The van der Waals surface area contributed by atoms with E-state index in [1.54, 1.807) is 0 Å². The van der Waals surface area contributed by atoms with Crippen LogP contribution in [0.5, 0.6) is 0 Å². The molecule has 0 bridgehead atoms. The first kappa shape index (κ1) is 11.7. The van der Waals surface area contributed by atoms with Crippen LogP contribution in [0, 0.1) is 0 Å². The van der Waals surface area contributed by atoms with E-state index < -0.39 is 24.0 Å². The van der Waals surface area contributed by atoms with Crippen LogP contribution in [0.2, 0.25) is 0 Å². The molecule has 0 heterocycles. The Hall–Kier alpha value is 0.710. The molecule has 0 rings (SSSR count). The molecule has 2 nitrogen and oxygen atoms in total. The zero-order valence-corrected chi connectivity index (χ0v) is 7.73. The molecule has 68 valence electrons. The number of halogens is 3. The molecular formula is C3H6F3O2PS2. The average molecular weight is 226 g/mol. The van der Waals surface area contributed by atoms with Crippen LogP contribution in [-0.2, 0) is 11.8 Å². The van der Waals surface area contributed by atoms with Gasteiger partial charge in [-0.1, -0.05) is 11.4 Å². The van der Waals surface area contributed by atoms with Gasteiger partial charge in [-0.25, -0.2) is 0 Å². The van der Waals surface area contributed by atoms with Crippen molar-refractivity contribution in [1.82, 2.24) is 0 Å². The smallest absolute Gasteiger partial charge is 0.338 e. The molecule has 0 atom stereocenters. The van der Waals surface area contributed by atoms with E-state index in [1.807, 2.05) is 0 Å². The van der Waals surface area contributed by atoms with Crippen LogP contribution in [0.25, 0.3) is 0 Å². The zero-order chi connectivity index (χ0) is 9.12. The standard InChI is InChI=1S/C3H6F3O2PS2/c4-3(5,6)1-2-11-9(7,8)10/h1-2H2,(H2,7,8,10). The summed E-state index contributed by atoms with van der Waals surface area (Å²) in [4.78, 5) is 17.0. The predicted octanol–water partition coefficient (Wildman–Crippen LogP) is 1.88. The highest BCUT2D eigenvalue weighted by Crippen LogP contribution is 2.51. The molecule has 0 fully saturated rings. The lowest BCUT2D eigenvalue weighted by atomic mass is 10.5. The van der Waals surface area contributed by atoms with Gasteiger partial charge >= 0.3 is 6.18 Å². The highest BCUT2D eigenvalue weighted by molar-refractivity contribution is 8.67. The maximum absolute atomic E-state index is 11.4. The van der Waals surface area contributed by atoms with Gasteiger partial charge in [0, 0.05) is 5.75 Å². The molecular weight excluding hydrogens is 220 g/mol. The van der Waals surface area contributed by atoms with E-state index in [-0.39, 0.29) is 0 Å². The second-order valence-corrected chi connectivity index (χ2v) is 7.86. The van der Waals surface area contributed by atoms with E-state index in [2.05, 4.69) is 11.8 Å². The minimum Gasteiger partial charge on any atom is -0.338 e. The van der Waals surface area contributed by atoms with E-state index in [0.29, 0.717) is 11.4 Å². The van der Waals surface area contributed by atoms with Crippen LogP contribution >= 0.6 is 17.1 Å². The van der Waals surface area contributed by atoms with Crippen molar-refractivity contribution in [3.05, 3.63) is 0 Å². The lowest BCUT2D eigenvalue weighted by Gasteiger charge is -2.07. The molecule has 0 amide bonds. The van der Waals surface area contributed by atoms with E-state index in [0.717, 1.165) is 0 Å². The quantitative estimate of drug-likeness (QED) is 0.721. The first-order valence-electron chi connectivity index (χ1n) is 2.47. The molecule has 8 heteroatoms. The van der Waals surface area contributed by atoms with E-state index in [9.17, 15) is 13.2 Å². The number of rotatable bonds is 3. The minimum absolute atomic E-state index is 0.377. The first-order valence-corrected chi connectivity index (χ1v) is 6.77. The molecule has 0 aliphatic heterocycles. The third kappa shape index (κ3) is 10.7. The van der Waals surface area contributed by atoms with E-state index in [1.165, 1.54) is 0 Å². The van der Waals surface area contributed by atoms with Crippen LogP contribution in [0.4, 0.5) is 13.2 Å². The monoisotopic (exact) mass is 226 g/mol. The van der Waals surface area contributed by atoms with Gasteiger partial charge in [0.05, 0.1) is 6.42 Å². The third-order valence-corrected chi connectivity index (χ3v) is 3.87. The Morgan fingerprint density at radius 3 is 2.09 bits per heavy atom. The maximum Gasteiger partial charge on any atom is 0.389 e. The Morgan fingerprint density at radius 1 is 1.36 bits per heavy atom. The molecule has 0 unspecified atom stereocenters. The Kier molecular flexibility index (Phi) is 4.36. The second-order valence-electron chi connectivity index (χ2n) is 1.69. The lowest BCUT2D eigenvalue weighted by molar-refractivity contribution is -0.129. The summed E-state index contributed by atoms with van der Waals surface area (Å²) in [6.45, 7) is 0. The molecule has 11 heavy (non-hydrogen) atoms. The zero-order valence-electron chi connectivity index (χ0n) is 5.21. The summed E-state index contributed by atoms with van der Waals surface area (Å²) in [5.41, 5.74) is -3.50. The molecule has 0 spiro atoms. The summed E-state index contributed by atoms with van der Waals surface area (Å²) in [6, 6.07) is 0. The van der Waals surface area contributed by atoms with Crippen LogP contribution in [0.3, 0.4) is 0 Å². The highest BCUT2D eigenvalue weighted by Gasteiger charge is 2.27. The van der Waals surface area contributed by atoms with Crippen LogP contribution in [0.1, 0.15) is 6.42 Å². The minimum atomic E-state index is -4.25. The SMILES string of the molecule is OP(O)(=S)SCCC(F)(F)F. The van der Waals surface area contributed by atoms with Crippen molar-refractivity contribution in [2.24, 2.45) is 0 Å². The van der Waals surface area contributed by atoms with Crippen LogP contribution in [-0.4, -0.2) is 21.7 Å². The summed E-state index contributed by atoms with van der Waals surface area (Å²) in [5, 5.41) is 0. The summed E-state index contributed by atoms with van der Waals surface area (Å²) < 4.78 is 34.3.